The fourth-order valence-corrected chi connectivity index (χ4v) is 5.25. The number of halogens is 3. The second-order valence-electron chi connectivity index (χ2n) is 9.68. The molecule has 0 amide bonds. The summed E-state index contributed by atoms with van der Waals surface area (Å²) in [4.78, 5) is 18.6. The number of carboxylic acid groups (broad SMARTS) is 1. The lowest BCUT2D eigenvalue weighted by atomic mass is 9.89. The Labute approximate surface area is 212 Å². The highest BCUT2D eigenvalue weighted by Crippen LogP contribution is 2.36. The summed E-state index contributed by atoms with van der Waals surface area (Å²) in [5, 5.41) is 9.09. The molecule has 0 spiro atoms. The van der Waals surface area contributed by atoms with E-state index in [0.717, 1.165) is 48.8 Å². The summed E-state index contributed by atoms with van der Waals surface area (Å²) in [5.41, 5.74) is 5.28. The number of hydrogen-bond acceptors (Lipinski definition) is 3. The number of aromatic amines is 1. The quantitative estimate of drug-likeness (QED) is 0.259. The van der Waals surface area contributed by atoms with Gasteiger partial charge in [0.1, 0.15) is 11.6 Å². The SMILES string of the molecule is O=C(O)C[C@H]1CCCC(c2ccc(-c3ccc(-c4nc5ccc(OC(F)(F)F)cc5[nH]4)cc3)cc2)CC1. The molecule has 1 aliphatic rings. The van der Waals surface area contributed by atoms with Crippen molar-refractivity contribution in [2.45, 2.75) is 50.8 Å². The Kier molecular flexibility index (Phi) is 6.91. The smallest absolute Gasteiger partial charge is 0.481 e. The van der Waals surface area contributed by atoms with Crippen molar-refractivity contribution in [1.29, 1.82) is 0 Å². The summed E-state index contributed by atoms with van der Waals surface area (Å²) in [6.07, 6.45) is 0.636. The van der Waals surface area contributed by atoms with Gasteiger partial charge in [-0.3, -0.25) is 4.79 Å². The van der Waals surface area contributed by atoms with Gasteiger partial charge in [0.25, 0.3) is 0 Å². The van der Waals surface area contributed by atoms with E-state index in [1.165, 1.54) is 23.8 Å². The summed E-state index contributed by atoms with van der Waals surface area (Å²) < 4.78 is 41.5. The fourth-order valence-electron chi connectivity index (χ4n) is 5.25. The zero-order valence-corrected chi connectivity index (χ0v) is 20.1. The highest BCUT2D eigenvalue weighted by Gasteiger charge is 2.31. The Morgan fingerprint density at radius 1 is 0.919 bits per heavy atom. The number of aromatic nitrogens is 2. The Bertz CT molecular complexity index is 1380. The minimum absolute atomic E-state index is 0.267. The van der Waals surface area contributed by atoms with Crippen molar-refractivity contribution in [2.75, 3.05) is 0 Å². The maximum atomic E-state index is 12.5. The van der Waals surface area contributed by atoms with E-state index in [2.05, 4.69) is 39.0 Å². The molecule has 1 unspecified atom stereocenters. The number of carbonyl (C=O) groups is 1. The Balaban J connectivity index is 1.27. The van der Waals surface area contributed by atoms with E-state index in [1.807, 2.05) is 24.3 Å². The number of rotatable bonds is 6. The second kappa shape index (κ2) is 10.3. The molecule has 1 aliphatic carbocycles. The van der Waals surface area contributed by atoms with Gasteiger partial charge in [-0.05, 0) is 66.3 Å². The van der Waals surface area contributed by atoms with E-state index in [1.54, 1.807) is 0 Å². The van der Waals surface area contributed by atoms with Crippen LogP contribution in [0.15, 0.2) is 66.7 Å². The molecule has 3 aromatic carbocycles. The average Bonchev–Trinajstić information content (AvgIpc) is 3.14. The first kappa shape index (κ1) is 24.9. The van der Waals surface area contributed by atoms with Crippen molar-refractivity contribution in [1.82, 2.24) is 9.97 Å². The molecule has 0 bridgehead atoms. The van der Waals surface area contributed by atoms with Crippen LogP contribution in [0.1, 0.15) is 50.0 Å². The maximum absolute atomic E-state index is 12.5. The third kappa shape index (κ3) is 6.13. The van der Waals surface area contributed by atoms with Gasteiger partial charge in [-0.15, -0.1) is 13.2 Å². The molecular formula is C29H27F3N2O3. The number of hydrogen-bond donors (Lipinski definition) is 2. The number of benzene rings is 3. The molecule has 0 saturated heterocycles. The van der Waals surface area contributed by atoms with E-state index in [9.17, 15) is 18.0 Å². The lowest BCUT2D eigenvalue weighted by Gasteiger charge is -2.16. The molecule has 4 aromatic rings. The van der Waals surface area contributed by atoms with Gasteiger partial charge in [0.05, 0.1) is 11.0 Å². The number of fused-ring (bicyclic) bond motifs is 1. The normalized spacial score (nSPS) is 18.5. The van der Waals surface area contributed by atoms with Crippen molar-refractivity contribution in [3.05, 3.63) is 72.3 Å². The molecular weight excluding hydrogens is 481 g/mol. The summed E-state index contributed by atoms with van der Waals surface area (Å²) >= 11 is 0. The van der Waals surface area contributed by atoms with E-state index >= 15 is 0 Å². The zero-order chi connectivity index (χ0) is 26.0. The monoisotopic (exact) mass is 508 g/mol. The molecule has 1 saturated carbocycles. The highest BCUT2D eigenvalue weighted by atomic mass is 19.4. The van der Waals surface area contributed by atoms with Crippen LogP contribution in [-0.2, 0) is 4.79 Å². The minimum Gasteiger partial charge on any atom is -0.481 e. The lowest BCUT2D eigenvalue weighted by molar-refractivity contribution is -0.274. The zero-order valence-electron chi connectivity index (χ0n) is 20.1. The van der Waals surface area contributed by atoms with Gasteiger partial charge in [0.15, 0.2) is 0 Å². The van der Waals surface area contributed by atoms with Gasteiger partial charge in [0, 0.05) is 18.1 Å². The number of aliphatic carboxylic acids is 1. The van der Waals surface area contributed by atoms with Gasteiger partial charge in [-0.1, -0.05) is 55.0 Å². The number of H-pyrrole nitrogens is 1. The van der Waals surface area contributed by atoms with Gasteiger partial charge < -0.3 is 14.8 Å². The van der Waals surface area contributed by atoms with E-state index in [0.29, 0.717) is 22.8 Å². The molecule has 192 valence electrons. The molecule has 1 fully saturated rings. The Morgan fingerprint density at radius 2 is 1.59 bits per heavy atom. The largest absolute Gasteiger partial charge is 0.573 e. The van der Waals surface area contributed by atoms with Crippen molar-refractivity contribution in [3.63, 3.8) is 0 Å². The van der Waals surface area contributed by atoms with E-state index in [4.69, 9.17) is 5.11 Å². The predicted octanol–water partition coefficient (Wildman–Crippen LogP) is 7.93. The van der Waals surface area contributed by atoms with Crippen molar-refractivity contribution in [2.24, 2.45) is 5.92 Å². The molecule has 0 radical (unpaired) electrons. The first-order valence-corrected chi connectivity index (χ1v) is 12.4. The Morgan fingerprint density at radius 3 is 2.27 bits per heavy atom. The highest BCUT2D eigenvalue weighted by molar-refractivity contribution is 5.81. The van der Waals surface area contributed by atoms with Crippen molar-refractivity contribution < 1.29 is 27.8 Å². The van der Waals surface area contributed by atoms with Crippen molar-refractivity contribution in [3.8, 4) is 28.3 Å². The van der Waals surface area contributed by atoms with Gasteiger partial charge in [-0.2, -0.15) is 0 Å². The van der Waals surface area contributed by atoms with E-state index < -0.39 is 12.3 Å². The number of nitrogens with one attached hydrogen (secondary N) is 1. The van der Waals surface area contributed by atoms with Crippen LogP contribution in [0.3, 0.4) is 0 Å². The van der Waals surface area contributed by atoms with Gasteiger partial charge in [0.2, 0.25) is 0 Å². The Hall–Kier alpha value is -3.81. The van der Waals surface area contributed by atoms with Crippen LogP contribution in [0.25, 0.3) is 33.5 Å². The van der Waals surface area contributed by atoms with E-state index in [-0.39, 0.29) is 18.1 Å². The van der Waals surface area contributed by atoms with Crippen LogP contribution >= 0.6 is 0 Å². The van der Waals surface area contributed by atoms with Crippen LogP contribution < -0.4 is 4.74 Å². The number of nitrogens with zero attached hydrogens (tertiary/aromatic N) is 1. The van der Waals surface area contributed by atoms with Crippen LogP contribution in [-0.4, -0.2) is 27.4 Å². The number of ether oxygens (including phenoxy) is 1. The lowest BCUT2D eigenvalue weighted by Crippen LogP contribution is -2.16. The summed E-state index contributed by atoms with van der Waals surface area (Å²) in [5.74, 6) is 0.310. The summed E-state index contributed by atoms with van der Waals surface area (Å²) in [7, 11) is 0. The van der Waals surface area contributed by atoms with Crippen molar-refractivity contribution >= 4 is 17.0 Å². The second-order valence-corrected chi connectivity index (χ2v) is 9.68. The summed E-state index contributed by atoms with van der Waals surface area (Å²) in [6.45, 7) is 0. The molecule has 0 aliphatic heterocycles. The molecule has 1 aromatic heterocycles. The predicted molar refractivity (Wildman–Crippen MR) is 135 cm³/mol. The molecule has 37 heavy (non-hydrogen) atoms. The molecule has 2 N–H and O–H groups in total. The standard InChI is InChI=1S/C29H27F3N2O3/c30-29(31,32)37-24-14-15-25-26(17-24)34-28(33-25)23-12-10-22(11-13-23)21-8-6-20(7-9-21)19-3-1-2-18(4-5-19)16-27(35)36/h6-15,17-19H,1-5,16H2,(H,33,34)(H,35,36)/t18-,19?/m0/s1. The summed E-state index contributed by atoms with van der Waals surface area (Å²) in [6, 6.07) is 20.5. The van der Waals surface area contributed by atoms with Crippen LogP contribution in [0.4, 0.5) is 13.2 Å². The topological polar surface area (TPSA) is 75.2 Å². The minimum atomic E-state index is -4.74. The van der Waals surface area contributed by atoms with Gasteiger partial charge in [-0.25, -0.2) is 4.98 Å². The van der Waals surface area contributed by atoms with Crippen LogP contribution in [0.2, 0.25) is 0 Å². The van der Waals surface area contributed by atoms with Crippen LogP contribution in [0.5, 0.6) is 5.75 Å². The van der Waals surface area contributed by atoms with Crippen LogP contribution in [0, 0.1) is 5.92 Å². The molecule has 5 nitrogen and oxygen atoms in total. The maximum Gasteiger partial charge on any atom is 0.573 e. The average molecular weight is 509 g/mol. The first-order chi connectivity index (χ1) is 17.7. The molecule has 8 heteroatoms. The molecule has 2 atom stereocenters. The first-order valence-electron chi connectivity index (χ1n) is 12.4. The number of imidazole rings is 1. The number of alkyl halides is 3. The molecule has 1 heterocycles. The third-order valence-electron chi connectivity index (χ3n) is 7.11. The fraction of sp³-hybridized carbons (Fsp3) is 0.310. The third-order valence-corrected chi connectivity index (χ3v) is 7.11. The van der Waals surface area contributed by atoms with Gasteiger partial charge >= 0.3 is 12.3 Å². The number of carboxylic acids is 1. The molecule has 5 rings (SSSR count).